The highest BCUT2D eigenvalue weighted by molar-refractivity contribution is 6.39. The molecule has 9 heteroatoms. The molecule has 0 aromatic heterocycles. The number of allylic oxidation sites excluding steroid dienone is 1. The van der Waals surface area contributed by atoms with Crippen LogP contribution in [0.2, 0.25) is 0 Å². The van der Waals surface area contributed by atoms with Crippen LogP contribution in [0.3, 0.4) is 0 Å². The van der Waals surface area contributed by atoms with E-state index in [2.05, 4.69) is 11.9 Å². The molecule has 0 radical (unpaired) electrons. The Morgan fingerprint density at radius 1 is 1.00 bits per heavy atom. The van der Waals surface area contributed by atoms with Gasteiger partial charge in [-0.2, -0.15) is 0 Å². The van der Waals surface area contributed by atoms with Gasteiger partial charge in [0.15, 0.2) is 11.5 Å². The summed E-state index contributed by atoms with van der Waals surface area (Å²) in [5.74, 6) is -0.649. The molecule has 1 fully saturated rings. The largest absolute Gasteiger partial charge is 0.497 e. The molecule has 0 aliphatic carbocycles. The number of benzene rings is 3. The number of imide groups is 2. The third kappa shape index (κ3) is 5.57. The van der Waals surface area contributed by atoms with E-state index in [0.29, 0.717) is 40.4 Å². The maximum Gasteiger partial charge on any atom is 0.335 e. The van der Waals surface area contributed by atoms with E-state index in [0.717, 1.165) is 4.90 Å². The van der Waals surface area contributed by atoms with Crippen molar-refractivity contribution in [2.75, 3.05) is 19.1 Å². The summed E-state index contributed by atoms with van der Waals surface area (Å²) < 4.78 is 30.2. The molecule has 0 spiro atoms. The van der Waals surface area contributed by atoms with E-state index in [-0.39, 0.29) is 23.7 Å². The SMILES string of the molecule is C=CCc1cc(/C=C2\C(=O)NC(=O)N(c3ccc(OC)cc3)C2=O)cc(OC)c1OCc1cccc(F)c1. The van der Waals surface area contributed by atoms with Gasteiger partial charge in [-0.15, -0.1) is 6.58 Å². The number of urea groups is 1. The number of barbiturate groups is 1. The van der Waals surface area contributed by atoms with Crippen molar-refractivity contribution in [3.8, 4) is 17.2 Å². The predicted molar refractivity (Wildman–Crippen MR) is 140 cm³/mol. The molecule has 8 nitrogen and oxygen atoms in total. The molecular formula is C29H25FN2O6. The van der Waals surface area contributed by atoms with Gasteiger partial charge in [0.25, 0.3) is 11.8 Å². The molecule has 3 aromatic carbocycles. The highest BCUT2D eigenvalue weighted by Gasteiger charge is 2.37. The lowest BCUT2D eigenvalue weighted by atomic mass is 10.0. The zero-order chi connectivity index (χ0) is 27.2. The van der Waals surface area contributed by atoms with Crippen LogP contribution in [-0.2, 0) is 22.6 Å². The molecule has 0 bridgehead atoms. The van der Waals surface area contributed by atoms with Crippen molar-refractivity contribution >= 4 is 29.6 Å². The number of amides is 4. The molecule has 38 heavy (non-hydrogen) atoms. The lowest BCUT2D eigenvalue weighted by Gasteiger charge is -2.26. The van der Waals surface area contributed by atoms with Crippen LogP contribution in [0.1, 0.15) is 16.7 Å². The van der Waals surface area contributed by atoms with Gasteiger partial charge in [0.2, 0.25) is 0 Å². The van der Waals surface area contributed by atoms with Crippen molar-refractivity contribution in [1.29, 1.82) is 0 Å². The average Bonchev–Trinajstić information content (AvgIpc) is 2.90. The molecule has 0 atom stereocenters. The van der Waals surface area contributed by atoms with Crippen LogP contribution in [0.4, 0.5) is 14.9 Å². The third-order valence-corrected chi connectivity index (χ3v) is 5.75. The fourth-order valence-corrected chi connectivity index (χ4v) is 3.96. The number of hydrogen-bond donors (Lipinski definition) is 1. The number of carbonyl (C=O) groups excluding carboxylic acids is 3. The van der Waals surface area contributed by atoms with E-state index < -0.39 is 17.8 Å². The Morgan fingerprint density at radius 2 is 1.76 bits per heavy atom. The van der Waals surface area contributed by atoms with E-state index in [1.165, 1.54) is 32.4 Å². The Labute approximate surface area is 218 Å². The summed E-state index contributed by atoms with van der Waals surface area (Å²) in [5, 5.41) is 2.20. The predicted octanol–water partition coefficient (Wildman–Crippen LogP) is 4.82. The zero-order valence-corrected chi connectivity index (χ0v) is 20.8. The standard InChI is InChI=1S/C29H25FN2O6/c1-4-6-20-13-19(16-25(37-3)26(20)38-17-18-7-5-8-21(30)14-18)15-24-27(33)31-29(35)32(28(24)34)22-9-11-23(36-2)12-10-22/h4-5,7-16H,1,6,17H2,2-3H3,(H,31,33,35)/b24-15+. The summed E-state index contributed by atoms with van der Waals surface area (Å²) in [5.41, 5.74) is 1.82. The van der Waals surface area contributed by atoms with Gasteiger partial charge >= 0.3 is 6.03 Å². The topological polar surface area (TPSA) is 94.2 Å². The lowest BCUT2D eigenvalue weighted by molar-refractivity contribution is -0.122. The minimum Gasteiger partial charge on any atom is -0.497 e. The second kappa shape index (κ2) is 11.4. The quantitative estimate of drug-likeness (QED) is 0.249. The molecule has 3 aromatic rings. The Hall–Kier alpha value is -4.92. The second-order valence-corrected chi connectivity index (χ2v) is 8.28. The molecule has 0 unspecified atom stereocenters. The van der Waals surface area contributed by atoms with E-state index in [4.69, 9.17) is 14.2 Å². The number of rotatable bonds is 9. The highest BCUT2D eigenvalue weighted by atomic mass is 19.1. The lowest BCUT2D eigenvalue weighted by Crippen LogP contribution is -2.54. The van der Waals surface area contributed by atoms with Gasteiger partial charge < -0.3 is 14.2 Å². The van der Waals surface area contributed by atoms with Gasteiger partial charge in [0.05, 0.1) is 19.9 Å². The molecule has 0 saturated carbocycles. The van der Waals surface area contributed by atoms with Crippen molar-refractivity contribution < 1.29 is 33.0 Å². The highest BCUT2D eigenvalue weighted by Crippen LogP contribution is 2.35. The molecule has 1 saturated heterocycles. The number of anilines is 1. The zero-order valence-electron chi connectivity index (χ0n) is 20.8. The Kier molecular flexibility index (Phi) is 7.86. The second-order valence-electron chi connectivity index (χ2n) is 8.28. The van der Waals surface area contributed by atoms with Crippen molar-refractivity contribution in [1.82, 2.24) is 5.32 Å². The summed E-state index contributed by atoms with van der Waals surface area (Å²) in [4.78, 5) is 39.3. The first-order valence-electron chi connectivity index (χ1n) is 11.6. The summed E-state index contributed by atoms with van der Waals surface area (Å²) in [6.45, 7) is 3.88. The third-order valence-electron chi connectivity index (χ3n) is 5.75. The van der Waals surface area contributed by atoms with E-state index in [1.54, 1.807) is 54.6 Å². The molecular weight excluding hydrogens is 491 g/mol. The first-order chi connectivity index (χ1) is 18.3. The van der Waals surface area contributed by atoms with Crippen LogP contribution in [0.25, 0.3) is 6.08 Å². The van der Waals surface area contributed by atoms with Gasteiger partial charge in [-0.25, -0.2) is 14.1 Å². The van der Waals surface area contributed by atoms with Crippen molar-refractivity contribution in [3.63, 3.8) is 0 Å². The minimum absolute atomic E-state index is 0.0958. The van der Waals surface area contributed by atoms with Crippen LogP contribution < -0.4 is 24.4 Å². The van der Waals surface area contributed by atoms with E-state index in [1.807, 2.05) is 0 Å². The van der Waals surface area contributed by atoms with Crippen LogP contribution in [0.15, 0.2) is 78.9 Å². The molecule has 4 rings (SSSR count). The fraction of sp³-hybridized carbons (Fsp3) is 0.138. The van der Waals surface area contributed by atoms with Crippen LogP contribution >= 0.6 is 0 Å². The van der Waals surface area contributed by atoms with Gasteiger partial charge in [-0.05, 0) is 72.2 Å². The summed E-state index contributed by atoms with van der Waals surface area (Å²) in [7, 11) is 2.96. The number of nitrogens with one attached hydrogen (secondary N) is 1. The number of nitrogens with zero attached hydrogens (tertiary/aromatic N) is 1. The number of ether oxygens (including phenoxy) is 3. The Morgan fingerprint density at radius 3 is 2.42 bits per heavy atom. The van der Waals surface area contributed by atoms with E-state index >= 15 is 0 Å². The fourth-order valence-electron chi connectivity index (χ4n) is 3.96. The number of methoxy groups -OCH3 is 2. The maximum absolute atomic E-state index is 13.6. The number of hydrogen-bond acceptors (Lipinski definition) is 6. The van der Waals surface area contributed by atoms with E-state index in [9.17, 15) is 18.8 Å². The summed E-state index contributed by atoms with van der Waals surface area (Å²) in [6.07, 6.45) is 3.44. The van der Waals surface area contributed by atoms with Gasteiger partial charge in [0.1, 0.15) is 23.7 Å². The van der Waals surface area contributed by atoms with Crippen molar-refractivity contribution in [2.45, 2.75) is 13.0 Å². The number of halogens is 1. The van der Waals surface area contributed by atoms with Gasteiger partial charge in [0, 0.05) is 5.56 Å². The average molecular weight is 517 g/mol. The van der Waals surface area contributed by atoms with Crippen molar-refractivity contribution in [2.24, 2.45) is 0 Å². The minimum atomic E-state index is -0.853. The van der Waals surface area contributed by atoms with Crippen LogP contribution in [0.5, 0.6) is 17.2 Å². The monoisotopic (exact) mass is 516 g/mol. The smallest absolute Gasteiger partial charge is 0.335 e. The molecule has 1 aliphatic heterocycles. The molecule has 1 heterocycles. The summed E-state index contributed by atoms with van der Waals surface area (Å²) in [6, 6.07) is 14.8. The van der Waals surface area contributed by atoms with Crippen LogP contribution in [-0.4, -0.2) is 32.1 Å². The first-order valence-corrected chi connectivity index (χ1v) is 11.6. The maximum atomic E-state index is 13.6. The normalized spacial score (nSPS) is 14.3. The molecule has 194 valence electrons. The number of carbonyl (C=O) groups is 3. The van der Waals surface area contributed by atoms with Gasteiger partial charge in [-0.1, -0.05) is 18.2 Å². The van der Waals surface area contributed by atoms with Gasteiger partial charge in [-0.3, -0.25) is 14.9 Å². The molecule has 1 N–H and O–H groups in total. The molecule has 1 aliphatic rings. The van der Waals surface area contributed by atoms with Crippen LogP contribution in [0, 0.1) is 5.82 Å². The Balaban J connectivity index is 1.68. The summed E-state index contributed by atoms with van der Waals surface area (Å²) >= 11 is 0. The van der Waals surface area contributed by atoms with Crippen molar-refractivity contribution in [3.05, 3.63) is 101 Å². The molecule has 4 amide bonds. The Bertz CT molecular complexity index is 1430. The first kappa shape index (κ1) is 26.2.